The first-order valence-corrected chi connectivity index (χ1v) is 6.75. The number of aldehydes is 1. The van der Waals surface area contributed by atoms with Gasteiger partial charge in [0.2, 0.25) is 0 Å². The first kappa shape index (κ1) is 13.4. The van der Waals surface area contributed by atoms with Crippen LogP contribution in [-0.2, 0) is 4.79 Å². The SMILES string of the molecule is CC(C)C1CC2NC(=S)C1(C=O)C(N)=C2C(N)=S. The number of nitrogens with two attached hydrogens (primary N) is 2. The Bertz CT molecular complexity index is 472. The number of hydrogen-bond donors (Lipinski definition) is 3. The molecule has 0 saturated carbocycles. The summed E-state index contributed by atoms with van der Waals surface area (Å²) in [6, 6.07) is -0.0516. The number of carbonyl (C=O) groups is 1. The van der Waals surface area contributed by atoms with Crippen LogP contribution in [0.25, 0.3) is 0 Å². The summed E-state index contributed by atoms with van der Waals surface area (Å²) in [4.78, 5) is 12.5. The smallest absolute Gasteiger partial charge is 0.139 e. The van der Waals surface area contributed by atoms with Crippen LogP contribution in [0.15, 0.2) is 11.3 Å². The minimum absolute atomic E-state index is 0.0516. The van der Waals surface area contributed by atoms with Gasteiger partial charge in [0.05, 0.1) is 11.0 Å². The molecule has 6 heteroatoms. The molecular formula is C12H17N3OS2. The molecule has 18 heavy (non-hydrogen) atoms. The summed E-state index contributed by atoms with van der Waals surface area (Å²) < 4.78 is 0. The number of rotatable bonds is 3. The molecule has 3 rings (SSSR count). The zero-order valence-corrected chi connectivity index (χ0v) is 12.0. The van der Waals surface area contributed by atoms with Gasteiger partial charge in [-0.25, -0.2) is 0 Å². The predicted octanol–water partition coefficient (Wildman–Crippen LogP) is 0.646. The van der Waals surface area contributed by atoms with E-state index in [0.29, 0.717) is 22.2 Å². The summed E-state index contributed by atoms with van der Waals surface area (Å²) >= 11 is 10.4. The van der Waals surface area contributed by atoms with E-state index < -0.39 is 5.41 Å². The third-order valence-corrected chi connectivity index (χ3v) is 4.77. The molecule has 0 aromatic carbocycles. The third kappa shape index (κ3) is 1.52. The molecule has 1 fully saturated rings. The van der Waals surface area contributed by atoms with Crippen LogP contribution in [0, 0.1) is 17.3 Å². The van der Waals surface area contributed by atoms with Gasteiger partial charge in [0.15, 0.2) is 0 Å². The first-order valence-electron chi connectivity index (χ1n) is 5.93. The van der Waals surface area contributed by atoms with Crippen molar-refractivity contribution in [3.8, 4) is 0 Å². The standard InChI is InChI=1S/C12H17N3OS2/c1-5(2)6-3-7-8(10(14)17)9(13)12(6,4-16)11(18)15-7/h4-7H,3,13H2,1-2H3,(H2,14,17)(H,15,18). The minimum atomic E-state index is -0.934. The van der Waals surface area contributed by atoms with E-state index >= 15 is 0 Å². The Labute approximate surface area is 117 Å². The maximum Gasteiger partial charge on any atom is 0.139 e. The number of thiocarbonyl (C=S) groups is 2. The van der Waals surface area contributed by atoms with Crippen LogP contribution in [0.1, 0.15) is 20.3 Å². The lowest BCUT2D eigenvalue weighted by Crippen LogP contribution is -2.65. The monoisotopic (exact) mass is 283 g/mol. The highest BCUT2D eigenvalue weighted by Crippen LogP contribution is 2.49. The van der Waals surface area contributed by atoms with Crippen molar-refractivity contribution in [2.45, 2.75) is 26.3 Å². The molecule has 4 nitrogen and oxygen atoms in total. The molecule has 1 aliphatic carbocycles. The second-order valence-corrected chi connectivity index (χ2v) is 6.14. The first-order chi connectivity index (χ1) is 8.36. The second-order valence-electron chi connectivity index (χ2n) is 5.29. The van der Waals surface area contributed by atoms with Gasteiger partial charge in [0.1, 0.15) is 16.7 Å². The van der Waals surface area contributed by atoms with Crippen LogP contribution >= 0.6 is 24.4 Å². The number of fused-ring (bicyclic) bond motifs is 2. The Kier molecular flexibility index (Phi) is 3.19. The molecule has 0 radical (unpaired) electrons. The van der Waals surface area contributed by atoms with Gasteiger partial charge in [-0.15, -0.1) is 0 Å². The van der Waals surface area contributed by atoms with E-state index in [2.05, 4.69) is 19.2 Å². The maximum absolute atomic E-state index is 11.7. The fourth-order valence-electron chi connectivity index (χ4n) is 3.17. The Morgan fingerprint density at radius 3 is 2.67 bits per heavy atom. The Morgan fingerprint density at radius 1 is 1.61 bits per heavy atom. The molecular weight excluding hydrogens is 266 g/mol. The molecule has 0 aromatic heterocycles. The predicted molar refractivity (Wildman–Crippen MR) is 79.0 cm³/mol. The van der Waals surface area contributed by atoms with Crippen molar-refractivity contribution in [3.05, 3.63) is 11.3 Å². The number of piperidine rings is 1. The molecule has 2 bridgehead atoms. The Balaban J connectivity index is 2.67. The zero-order chi connectivity index (χ0) is 13.7. The largest absolute Gasteiger partial charge is 0.400 e. The lowest BCUT2D eigenvalue weighted by molar-refractivity contribution is -0.115. The van der Waals surface area contributed by atoms with Crippen molar-refractivity contribution in [1.29, 1.82) is 0 Å². The van der Waals surface area contributed by atoms with Crippen molar-refractivity contribution < 1.29 is 4.79 Å². The van der Waals surface area contributed by atoms with Gasteiger partial charge in [-0.3, -0.25) is 0 Å². The highest BCUT2D eigenvalue weighted by atomic mass is 32.1. The normalized spacial score (nSPS) is 34.7. The fourth-order valence-corrected chi connectivity index (χ4v) is 3.88. The average Bonchev–Trinajstić information content (AvgIpc) is 2.27. The fraction of sp³-hybridized carbons (Fsp3) is 0.583. The van der Waals surface area contributed by atoms with Crippen LogP contribution in [-0.4, -0.2) is 22.3 Å². The number of carbonyl (C=O) groups excluding carboxylic acids is 1. The summed E-state index contributed by atoms with van der Waals surface area (Å²) in [7, 11) is 0. The quantitative estimate of drug-likeness (QED) is 0.521. The molecule has 1 saturated heterocycles. The van der Waals surface area contributed by atoms with Gasteiger partial charge in [-0.1, -0.05) is 38.3 Å². The number of hydrogen-bond acceptors (Lipinski definition) is 4. The van der Waals surface area contributed by atoms with Crippen molar-refractivity contribution >= 4 is 40.7 Å². The highest BCUT2D eigenvalue weighted by molar-refractivity contribution is 7.81. The summed E-state index contributed by atoms with van der Waals surface area (Å²) in [5, 5.41) is 3.15. The molecule has 2 heterocycles. The van der Waals surface area contributed by atoms with Gasteiger partial charge in [0.25, 0.3) is 0 Å². The van der Waals surface area contributed by atoms with E-state index in [1.54, 1.807) is 0 Å². The summed E-state index contributed by atoms with van der Waals surface area (Å²) in [5.74, 6) is 0.413. The van der Waals surface area contributed by atoms with E-state index in [0.717, 1.165) is 12.7 Å². The molecule has 3 aliphatic rings. The molecule has 0 aromatic rings. The van der Waals surface area contributed by atoms with Crippen LogP contribution < -0.4 is 16.8 Å². The second kappa shape index (κ2) is 4.28. The van der Waals surface area contributed by atoms with Gasteiger partial charge in [-0.2, -0.15) is 0 Å². The molecule has 3 atom stereocenters. The minimum Gasteiger partial charge on any atom is -0.400 e. The topological polar surface area (TPSA) is 81.1 Å². The van der Waals surface area contributed by atoms with Crippen LogP contribution in [0.5, 0.6) is 0 Å². The van der Waals surface area contributed by atoms with Crippen LogP contribution in [0.3, 0.4) is 0 Å². The summed E-state index contributed by atoms with van der Waals surface area (Å²) in [5.41, 5.74) is 12.1. The van der Waals surface area contributed by atoms with Crippen molar-refractivity contribution in [1.82, 2.24) is 5.32 Å². The van der Waals surface area contributed by atoms with Gasteiger partial charge >= 0.3 is 0 Å². The van der Waals surface area contributed by atoms with E-state index in [9.17, 15) is 4.79 Å². The third-order valence-electron chi connectivity index (χ3n) is 4.10. The van der Waals surface area contributed by atoms with Crippen LogP contribution in [0.4, 0.5) is 0 Å². The van der Waals surface area contributed by atoms with E-state index in [1.165, 1.54) is 0 Å². The molecule has 0 spiro atoms. The molecule has 5 N–H and O–H groups in total. The molecule has 3 unspecified atom stereocenters. The van der Waals surface area contributed by atoms with Crippen LogP contribution in [0.2, 0.25) is 0 Å². The molecule has 2 aliphatic heterocycles. The van der Waals surface area contributed by atoms with E-state index in [1.807, 2.05) is 0 Å². The van der Waals surface area contributed by atoms with E-state index in [-0.39, 0.29) is 16.9 Å². The maximum atomic E-state index is 11.7. The average molecular weight is 283 g/mol. The number of nitrogens with one attached hydrogen (secondary N) is 1. The van der Waals surface area contributed by atoms with Crippen molar-refractivity contribution in [2.24, 2.45) is 28.7 Å². The van der Waals surface area contributed by atoms with Crippen molar-refractivity contribution in [3.63, 3.8) is 0 Å². The van der Waals surface area contributed by atoms with Crippen molar-refractivity contribution in [2.75, 3.05) is 0 Å². The van der Waals surface area contributed by atoms with Gasteiger partial charge in [0, 0.05) is 11.3 Å². The lowest BCUT2D eigenvalue weighted by Gasteiger charge is -2.52. The Morgan fingerprint density at radius 2 is 2.22 bits per heavy atom. The van der Waals surface area contributed by atoms with E-state index in [4.69, 9.17) is 35.9 Å². The van der Waals surface area contributed by atoms with Gasteiger partial charge in [-0.05, 0) is 18.3 Å². The summed E-state index contributed by atoms with van der Waals surface area (Å²) in [6.07, 6.45) is 1.64. The molecule has 98 valence electrons. The summed E-state index contributed by atoms with van der Waals surface area (Å²) in [6.45, 7) is 4.15. The Hall–Kier alpha value is -1.01. The highest BCUT2D eigenvalue weighted by Gasteiger charge is 2.56. The lowest BCUT2D eigenvalue weighted by atomic mass is 9.58. The molecule has 0 amide bonds. The van der Waals surface area contributed by atoms with Gasteiger partial charge < -0.3 is 21.6 Å². The zero-order valence-electron chi connectivity index (χ0n) is 10.4.